The summed E-state index contributed by atoms with van der Waals surface area (Å²) in [6, 6.07) is -1.32. The van der Waals surface area contributed by atoms with E-state index < -0.39 is 29.9 Å². The summed E-state index contributed by atoms with van der Waals surface area (Å²) in [5.74, 6) is -4.07. The minimum Gasteiger partial charge on any atom is -0.477 e. The molecule has 1 aromatic heterocycles. The van der Waals surface area contributed by atoms with Crippen molar-refractivity contribution >= 4 is 17.7 Å². The highest BCUT2D eigenvalue weighted by Gasteiger charge is 2.38. The molecule has 0 unspecified atom stereocenters. The maximum absolute atomic E-state index is 12.2. The number of hydrogen-bond acceptors (Lipinski definition) is 3. The molecule has 1 rings (SSSR count). The standard InChI is InChI=1S/C10H9F3N2O4/c1-4(10(11,12)13)15-8(17)7(16)5-2-6(9(18)19)14-3-5/h2-4,14H,1H3,(H,15,17)(H,18,19)/t4-/m0/s1. The van der Waals surface area contributed by atoms with E-state index in [1.807, 2.05) is 0 Å². The van der Waals surface area contributed by atoms with Gasteiger partial charge in [0.15, 0.2) is 0 Å². The molecule has 1 aromatic rings. The molecule has 19 heavy (non-hydrogen) atoms. The molecule has 1 atom stereocenters. The van der Waals surface area contributed by atoms with Gasteiger partial charge in [-0.25, -0.2) is 4.79 Å². The van der Waals surface area contributed by atoms with Gasteiger partial charge in [0.25, 0.3) is 11.7 Å². The maximum atomic E-state index is 12.2. The number of ketones is 1. The Hall–Kier alpha value is -2.32. The summed E-state index contributed by atoms with van der Waals surface area (Å²) in [4.78, 5) is 35.4. The van der Waals surface area contributed by atoms with Gasteiger partial charge in [-0.2, -0.15) is 13.2 Å². The molecule has 0 aliphatic carbocycles. The predicted molar refractivity (Wildman–Crippen MR) is 55.7 cm³/mol. The average molecular weight is 278 g/mol. The number of H-pyrrole nitrogens is 1. The number of amides is 1. The Bertz CT molecular complexity index is 521. The van der Waals surface area contributed by atoms with Crippen LogP contribution in [-0.4, -0.2) is 40.0 Å². The molecule has 0 spiro atoms. The zero-order valence-electron chi connectivity index (χ0n) is 9.54. The van der Waals surface area contributed by atoms with Crippen molar-refractivity contribution in [3.8, 4) is 0 Å². The van der Waals surface area contributed by atoms with E-state index >= 15 is 0 Å². The Kier molecular flexibility index (Phi) is 3.98. The number of alkyl halides is 3. The fourth-order valence-electron chi connectivity index (χ4n) is 1.12. The Morgan fingerprint density at radius 3 is 2.37 bits per heavy atom. The Morgan fingerprint density at radius 1 is 1.37 bits per heavy atom. The first-order chi connectivity index (χ1) is 8.62. The third-order valence-corrected chi connectivity index (χ3v) is 2.22. The van der Waals surface area contributed by atoms with Gasteiger partial charge in [-0.1, -0.05) is 0 Å². The van der Waals surface area contributed by atoms with Crippen LogP contribution in [0.15, 0.2) is 12.3 Å². The van der Waals surface area contributed by atoms with E-state index in [9.17, 15) is 27.6 Å². The molecule has 0 radical (unpaired) electrons. The van der Waals surface area contributed by atoms with Gasteiger partial charge < -0.3 is 15.4 Å². The highest BCUT2D eigenvalue weighted by molar-refractivity contribution is 6.43. The number of hydrogen-bond donors (Lipinski definition) is 3. The fraction of sp³-hybridized carbons (Fsp3) is 0.300. The lowest BCUT2D eigenvalue weighted by Crippen LogP contribution is -2.45. The number of Topliss-reactive ketones (excluding diaryl/α,β-unsaturated/α-hetero) is 1. The number of carboxylic acid groups (broad SMARTS) is 1. The topological polar surface area (TPSA) is 99.3 Å². The molecule has 1 amide bonds. The number of carbonyl (C=O) groups is 3. The number of aromatic nitrogens is 1. The summed E-state index contributed by atoms with van der Waals surface area (Å²) < 4.78 is 36.5. The molecule has 0 saturated heterocycles. The van der Waals surface area contributed by atoms with Crippen molar-refractivity contribution in [2.45, 2.75) is 19.1 Å². The minimum atomic E-state index is -4.67. The molecule has 104 valence electrons. The highest BCUT2D eigenvalue weighted by Crippen LogP contribution is 2.19. The van der Waals surface area contributed by atoms with Crippen molar-refractivity contribution in [3.05, 3.63) is 23.5 Å². The number of nitrogens with one attached hydrogen (secondary N) is 2. The first kappa shape index (κ1) is 14.7. The van der Waals surface area contributed by atoms with Crippen LogP contribution in [-0.2, 0) is 4.79 Å². The number of halogens is 3. The van der Waals surface area contributed by atoms with Gasteiger partial charge in [0.05, 0.1) is 0 Å². The van der Waals surface area contributed by atoms with Crippen LogP contribution < -0.4 is 5.32 Å². The molecule has 6 nitrogen and oxygen atoms in total. The lowest BCUT2D eigenvalue weighted by atomic mass is 10.2. The first-order valence-electron chi connectivity index (χ1n) is 4.96. The van der Waals surface area contributed by atoms with Crippen molar-refractivity contribution in [2.75, 3.05) is 0 Å². The number of carboxylic acids is 1. The van der Waals surface area contributed by atoms with Gasteiger partial charge >= 0.3 is 12.1 Å². The second kappa shape index (κ2) is 5.12. The molecular weight excluding hydrogens is 269 g/mol. The molecule has 3 N–H and O–H groups in total. The summed E-state index contributed by atoms with van der Waals surface area (Å²) in [5.41, 5.74) is -0.677. The molecule has 0 aromatic carbocycles. The number of carbonyl (C=O) groups excluding carboxylic acids is 2. The van der Waals surface area contributed by atoms with Crippen LogP contribution in [0.2, 0.25) is 0 Å². The average Bonchev–Trinajstić information content (AvgIpc) is 2.75. The van der Waals surface area contributed by atoms with Crippen LogP contribution in [0.4, 0.5) is 13.2 Å². The highest BCUT2D eigenvalue weighted by atomic mass is 19.4. The van der Waals surface area contributed by atoms with Crippen LogP contribution >= 0.6 is 0 Å². The normalized spacial score (nSPS) is 12.8. The minimum absolute atomic E-state index is 0.329. The zero-order chi connectivity index (χ0) is 14.8. The van der Waals surface area contributed by atoms with Gasteiger partial charge in [-0.05, 0) is 13.0 Å². The lowest BCUT2D eigenvalue weighted by molar-refractivity contribution is -0.156. The van der Waals surface area contributed by atoms with Crippen LogP contribution in [0.3, 0.4) is 0 Å². The fourth-order valence-corrected chi connectivity index (χ4v) is 1.12. The van der Waals surface area contributed by atoms with Gasteiger partial charge in [-0.15, -0.1) is 0 Å². The number of aromatic carboxylic acids is 1. The molecule has 0 aliphatic heterocycles. The Labute approximate surface area is 104 Å². The van der Waals surface area contributed by atoms with Crippen molar-refractivity contribution in [1.82, 2.24) is 10.3 Å². The van der Waals surface area contributed by atoms with Crippen LogP contribution in [0.25, 0.3) is 0 Å². The molecule has 9 heteroatoms. The summed E-state index contributed by atoms with van der Waals surface area (Å²) in [6.07, 6.45) is -3.73. The SMILES string of the molecule is C[C@H](NC(=O)C(=O)c1c[nH]c(C(=O)O)c1)C(F)(F)F. The number of aromatic amines is 1. The third-order valence-electron chi connectivity index (χ3n) is 2.22. The van der Waals surface area contributed by atoms with E-state index in [4.69, 9.17) is 5.11 Å². The van der Waals surface area contributed by atoms with Crippen LogP contribution in [0.1, 0.15) is 27.8 Å². The van der Waals surface area contributed by atoms with E-state index in [1.54, 1.807) is 0 Å². The van der Waals surface area contributed by atoms with Crippen molar-refractivity contribution < 1.29 is 32.7 Å². The summed E-state index contributed by atoms with van der Waals surface area (Å²) in [5, 5.41) is 10.1. The summed E-state index contributed by atoms with van der Waals surface area (Å²) in [6.45, 7) is 0.685. The van der Waals surface area contributed by atoms with Crippen molar-refractivity contribution in [2.24, 2.45) is 0 Å². The van der Waals surface area contributed by atoms with Crippen molar-refractivity contribution in [1.29, 1.82) is 0 Å². The van der Waals surface area contributed by atoms with E-state index in [-0.39, 0.29) is 11.3 Å². The van der Waals surface area contributed by atoms with Gasteiger partial charge in [0.1, 0.15) is 11.7 Å². The van der Waals surface area contributed by atoms with Crippen LogP contribution in [0.5, 0.6) is 0 Å². The Balaban J connectivity index is 2.77. The quantitative estimate of drug-likeness (QED) is 0.564. The number of rotatable bonds is 4. The molecule has 1 heterocycles. The molecule has 0 bridgehead atoms. The molecular formula is C10H9F3N2O4. The predicted octanol–water partition coefficient (Wildman–Crippen LogP) is 0.963. The second-order valence-corrected chi connectivity index (χ2v) is 3.67. The third kappa shape index (κ3) is 3.57. The van der Waals surface area contributed by atoms with E-state index in [0.29, 0.717) is 6.92 Å². The molecule has 0 saturated carbocycles. The summed E-state index contributed by atoms with van der Waals surface area (Å²) >= 11 is 0. The van der Waals surface area contributed by atoms with Crippen molar-refractivity contribution in [3.63, 3.8) is 0 Å². The van der Waals surface area contributed by atoms with E-state index in [2.05, 4.69) is 4.98 Å². The Morgan fingerprint density at radius 2 is 1.95 bits per heavy atom. The maximum Gasteiger partial charge on any atom is 0.408 e. The lowest BCUT2D eigenvalue weighted by Gasteiger charge is -2.16. The second-order valence-electron chi connectivity index (χ2n) is 3.67. The van der Waals surface area contributed by atoms with Crippen LogP contribution in [0, 0.1) is 0 Å². The van der Waals surface area contributed by atoms with Gasteiger partial charge in [-0.3, -0.25) is 9.59 Å². The monoisotopic (exact) mass is 278 g/mol. The molecule has 0 fully saturated rings. The van der Waals surface area contributed by atoms with Gasteiger partial charge in [0, 0.05) is 11.8 Å². The van der Waals surface area contributed by atoms with Gasteiger partial charge in [0.2, 0.25) is 0 Å². The summed E-state index contributed by atoms with van der Waals surface area (Å²) in [7, 11) is 0. The zero-order valence-corrected chi connectivity index (χ0v) is 9.54. The van der Waals surface area contributed by atoms with E-state index in [1.165, 1.54) is 5.32 Å². The first-order valence-corrected chi connectivity index (χ1v) is 4.96. The largest absolute Gasteiger partial charge is 0.477 e. The molecule has 0 aliphatic rings. The van der Waals surface area contributed by atoms with E-state index in [0.717, 1.165) is 12.3 Å². The smallest absolute Gasteiger partial charge is 0.408 e.